The Bertz CT molecular complexity index is 1120. The monoisotopic (exact) mass is 639 g/mol. The molecule has 46 heavy (non-hydrogen) atoms. The number of esters is 1. The van der Waals surface area contributed by atoms with E-state index in [0.29, 0.717) is 13.0 Å². The number of allylic oxidation sites excluding steroid dienone is 7. The molecule has 0 aromatic carbocycles. The third-order valence-electron chi connectivity index (χ3n) is 10.2. The summed E-state index contributed by atoms with van der Waals surface area (Å²) in [5, 5.41) is 12.4. The van der Waals surface area contributed by atoms with Gasteiger partial charge < -0.3 is 29.4 Å². The van der Waals surface area contributed by atoms with Gasteiger partial charge in [-0.3, -0.25) is 0 Å². The Labute approximate surface area is 276 Å². The minimum absolute atomic E-state index is 0.00928. The lowest BCUT2D eigenvalue weighted by molar-refractivity contribution is -0.166. The molecule has 3 aliphatic carbocycles. The van der Waals surface area contributed by atoms with E-state index in [0.717, 1.165) is 31.0 Å². The SMILES string of the molecule is C1CCC(NC2CCCCC2)CC1.COC1C(OC(=O)/C=C/C=C/C=C/C=C/C(=O)O)CCC2(CO2)C1C1(C)OC1CC=C(C)C. The number of ether oxygens (including phenoxy) is 4. The van der Waals surface area contributed by atoms with Gasteiger partial charge in [0.15, 0.2) is 0 Å². The molecule has 0 amide bonds. The Kier molecular flexibility index (Phi) is 13.9. The van der Waals surface area contributed by atoms with Gasteiger partial charge in [0, 0.05) is 31.3 Å². The Morgan fingerprint density at radius 3 is 1.96 bits per heavy atom. The molecule has 1 spiro atoms. The van der Waals surface area contributed by atoms with Crippen LogP contribution in [0.15, 0.2) is 60.3 Å². The maximum Gasteiger partial charge on any atom is 0.331 e. The van der Waals surface area contributed by atoms with Crippen LogP contribution in [0.4, 0.5) is 0 Å². The number of carbonyl (C=O) groups is 2. The highest BCUT2D eigenvalue weighted by Crippen LogP contribution is 2.59. The molecule has 2 N–H and O–H groups in total. The second-order valence-corrected chi connectivity index (χ2v) is 14.0. The van der Waals surface area contributed by atoms with Crippen LogP contribution in [0.2, 0.25) is 0 Å². The summed E-state index contributed by atoms with van der Waals surface area (Å²) >= 11 is 0. The lowest BCUT2D eigenvalue weighted by Gasteiger charge is -2.42. The van der Waals surface area contributed by atoms with E-state index in [1.54, 1.807) is 37.5 Å². The normalized spacial score (nSPS) is 33.4. The van der Waals surface area contributed by atoms with Crippen LogP contribution in [0.5, 0.6) is 0 Å². The van der Waals surface area contributed by atoms with Gasteiger partial charge in [0.05, 0.1) is 18.6 Å². The lowest BCUT2D eigenvalue weighted by Crippen LogP contribution is -2.55. The topological polar surface area (TPSA) is 110 Å². The molecule has 6 unspecified atom stereocenters. The number of carbonyl (C=O) groups excluding carboxylic acids is 1. The van der Waals surface area contributed by atoms with Crippen LogP contribution < -0.4 is 5.32 Å². The molecule has 0 aromatic rings. The number of nitrogens with one attached hydrogen (secondary N) is 1. The molecule has 2 heterocycles. The zero-order valence-electron chi connectivity index (χ0n) is 28.5. The number of carboxylic acid groups (broad SMARTS) is 1. The predicted molar refractivity (Wildman–Crippen MR) is 180 cm³/mol. The van der Waals surface area contributed by atoms with Gasteiger partial charge in [-0.15, -0.1) is 0 Å². The molecule has 2 saturated heterocycles. The quantitative estimate of drug-likeness (QED) is 0.0762. The summed E-state index contributed by atoms with van der Waals surface area (Å²) < 4.78 is 23.8. The largest absolute Gasteiger partial charge is 0.478 e. The molecule has 0 bridgehead atoms. The summed E-state index contributed by atoms with van der Waals surface area (Å²) in [6.45, 7) is 6.96. The average molecular weight is 640 g/mol. The number of aliphatic carboxylic acids is 1. The first-order valence-electron chi connectivity index (χ1n) is 17.5. The number of hydrogen-bond acceptors (Lipinski definition) is 7. The van der Waals surface area contributed by atoms with Crippen molar-refractivity contribution in [1.29, 1.82) is 0 Å². The summed E-state index contributed by atoms with van der Waals surface area (Å²) in [7, 11) is 1.65. The maximum atomic E-state index is 12.4. The Balaban J connectivity index is 0.000000305. The van der Waals surface area contributed by atoms with Crippen molar-refractivity contribution in [1.82, 2.24) is 5.32 Å². The first-order chi connectivity index (χ1) is 22.2. The fourth-order valence-corrected chi connectivity index (χ4v) is 7.66. The van der Waals surface area contributed by atoms with Crippen LogP contribution in [-0.4, -0.2) is 72.4 Å². The molecular weight excluding hydrogens is 582 g/mol. The third kappa shape index (κ3) is 10.8. The highest BCUT2D eigenvalue weighted by molar-refractivity contribution is 5.82. The van der Waals surface area contributed by atoms with E-state index >= 15 is 0 Å². The lowest BCUT2D eigenvalue weighted by atomic mass is 9.68. The number of rotatable bonds is 12. The van der Waals surface area contributed by atoms with Crippen molar-refractivity contribution in [3.05, 3.63) is 60.3 Å². The van der Waals surface area contributed by atoms with Crippen LogP contribution in [-0.2, 0) is 28.5 Å². The smallest absolute Gasteiger partial charge is 0.331 e. The summed E-state index contributed by atoms with van der Waals surface area (Å²) in [6.07, 6.45) is 30.5. The highest BCUT2D eigenvalue weighted by atomic mass is 16.6. The van der Waals surface area contributed by atoms with Crippen molar-refractivity contribution in [2.45, 2.75) is 146 Å². The predicted octanol–water partition coefficient (Wildman–Crippen LogP) is 7.16. The van der Waals surface area contributed by atoms with E-state index in [2.05, 4.69) is 32.2 Å². The molecule has 5 rings (SSSR count). The summed E-state index contributed by atoms with van der Waals surface area (Å²) in [5.41, 5.74) is 0.642. The zero-order chi connectivity index (χ0) is 33.0. The van der Waals surface area contributed by atoms with Crippen molar-refractivity contribution < 1.29 is 33.6 Å². The molecule has 6 atom stereocenters. The van der Waals surface area contributed by atoms with Crippen LogP contribution >= 0.6 is 0 Å². The van der Waals surface area contributed by atoms with Crippen LogP contribution in [0.3, 0.4) is 0 Å². The van der Waals surface area contributed by atoms with E-state index < -0.39 is 11.9 Å². The minimum Gasteiger partial charge on any atom is -0.478 e. The first-order valence-corrected chi connectivity index (χ1v) is 17.5. The van der Waals surface area contributed by atoms with Gasteiger partial charge in [0.1, 0.15) is 23.4 Å². The van der Waals surface area contributed by atoms with E-state index in [9.17, 15) is 9.59 Å². The molecule has 0 aromatic heterocycles. The van der Waals surface area contributed by atoms with Gasteiger partial charge in [0.25, 0.3) is 0 Å². The molecular formula is C38H57NO7. The van der Waals surface area contributed by atoms with Gasteiger partial charge in [-0.05, 0) is 65.7 Å². The van der Waals surface area contributed by atoms with E-state index in [1.807, 2.05) is 0 Å². The second kappa shape index (κ2) is 17.6. The molecule has 256 valence electrons. The molecule has 3 saturated carbocycles. The maximum absolute atomic E-state index is 12.4. The van der Waals surface area contributed by atoms with E-state index in [1.165, 1.54) is 81.9 Å². The fourth-order valence-electron chi connectivity index (χ4n) is 7.66. The summed E-state index contributed by atoms with van der Waals surface area (Å²) in [5.74, 6) is -1.45. The highest BCUT2D eigenvalue weighted by Gasteiger charge is 2.72. The summed E-state index contributed by atoms with van der Waals surface area (Å²) in [6, 6.07) is 1.74. The zero-order valence-corrected chi connectivity index (χ0v) is 28.5. The first kappa shape index (κ1) is 36.3. The fraction of sp³-hybridized carbons (Fsp3) is 0.684. The van der Waals surface area contributed by atoms with Crippen LogP contribution in [0, 0.1) is 5.92 Å². The van der Waals surface area contributed by atoms with Gasteiger partial charge in [-0.2, -0.15) is 0 Å². The van der Waals surface area contributed by atoms with Crippen molar-refractivity contribution in [2.24, 2.45) is 5.92 Å². The van der Waals surface area contributed by atoms with E-state index in [4.69, 9.17) is 24.1 Å². The molecule has 5 aliphatic rings. The van der Waals surface area contributed by atoms with Crippen molar-refractivity contribution in [3.8, 4) is 0 Å². The number of epoxide rings is 2. The van der Waals surface area contributed by atoms with Crippen molar-refractivity contribution in [2.75, 3.05) is 13.7 Å². The molecule has 8 heteroatoms. The van der Waals surface area contributed by atoms with Gasteiger partial charge in [0.2, 0.25) is 0 Å². The Morgan fingerprint density at radius 1 is 0.870 bits per heavy atom. The Hall–Kier alpha value is -2.52. The standard InChI is InChI=1S/C26H34O7.C12H23N/c1-18(2)13-14-20-25(3,33-20)24-23(30-4)19(15-16-26(24)17-31-26)32-22(29)12-10-8-6-5-7-9-11-21(27)28;1-3-7-11(8-4-1)13-12-9-5-2-6-10-12/h5-13,19-20,23-24H,14-17H2,1-4H3,(H,27,28);11-13H,1-10H2/b7-5+,8-6+,11-9+,12-10+;. The molecule has 5 fully saturated rings. The molecule has 0 radical (unpaired) electrons. The second-order valence-electron chi connectivity index (χ2n) is 14.0. The van der Waals surface area contributed by atoms with Crippen molar-refractivity contribution >= 4 is 11.9 Å². The number of hydrogen-bond donors (Lipinski definition) is 2. The number of carboxylic acids is 1. The van der Waals surface area contributed by atoms with Crippen molar-refractivity contribution in [3.63, 3.8) is 0 Å². The van der Waals surface area contributed by atoms with Gasteiger partial charge >= 0.3 is 11.9 Å². The van der Waals surface area contributed by atoms with Gasteiger partial charge in [-0.1, -0.05) is 86.6 Å². The van der Waals surface area contributed by atoms with Crippen LogP contribution in [0.1, 0.15) is 104 Å². The average Bonchev–Trinajstić information content (AvgIpc) is 3.96. The Morgan fingerprint density at radius 2 is 1.43 bits per heavy atom. The minimum atomic E-state index is -1.00. The third-order valence-corrected chi connectivity index (χ3v) is 10.2. The van der Waals surface area contributed by atoms with Gasteiger partial charge in [-0.25, -0.2) is 9.59 Å². The molecule has 8 nitrogen and oxygen atoms in total. The number of methoxy groups -OCH3 is 1. The molecule has 2 aliphatic heterocycles. The van der Waals surface area contributed by atoms with Crippen LogP contribution in [0.25, 0.3) is 0 Å². The van der Waals surface area contributed by atoms with E-state index in [-0.39, 0.29) is 35.4 Å². The summed E-state index contributed by atoms with van der Waals surface area (Å²) in [4.78, 5) is 22.8.